The highest BCUT2D eigenvalue weighted by Gasteiger charge is 2.01. The van der Waals surface area contributed by atoms with E-state index in [-0.39, 0.29) is 11.4 Å². The zero-order valence-corrected chi connectivity index (χ0v) is 11.4. The lowest BCUT2D eigenvalue weighted by Gasteiger charge is -2.08. The Morgan fingerprint density at radius 2 is 2.21 bits per heavy atom. The Hall–Kier alpha value is -1.95. The van der Waals surface area contributed by atoms with E-state index in [0.717, 1.165) is 11.3 Å². The van der Waals surface area contributed by atoms with Gasteiger partial charge in [0.15, 0.2) is 5.16 Å². The van der Waals surface area contributed by atoms with E-state index in [1.807, 2.05) is 31.2 Å². The maximum atomic E-state index is 11.2. The Morgan fingerprint density at radius 1 is 1.42 bits per heavy atom. The van der Waals surface area contributed by atoms with Crippen LogP contribution in [0.4, 0.5) is 5.82 Å². The number of anilines is 1. The second-order valence-electron chi connectivity index (χ2n) is 3.94. The summed E-state index contributed by atoms with van der Waals surface area (Å²) in [7, 11) is 0. The van der Waals surface area contributed by atoms with Gasteiger partial charge in [0.05, 0.1) is 6.61 Å². The highest BCUT2D eigenvalue weighted by molar-refractivity contribution is 7.99. The molecule has 19 heavy (non-hydrogen) atoms. The fourth-order valence-corrected chi connectivity index (χ4v) is 2.23. The van der Waals surface area contributed by atoms with E-state index in [9.17, 15) is 4.79 Å². The van der Waals surface area contributed by atoms with E-state index in [4.69, 9.17) is 10.5 Å². The second kappa shape index (κ2) is 6.29. The van der Waals surface area contributed by atoms with E-state index < -0.39 is 0 Å². The van der Waals surface area contributed by atoms with Crippen LogP contribution in [0.2, 0.25) is 0 Å². The van der Waals surface area contributed by atoms with Gasteiger partial charge in [-0.05, 0) is 18.6 Å². The van der Waals surface area contributed by atoms with Crippen molar-refractivity contribution in [1.29, 1.82) is 0 Å². The number of nitrogens with two attached hydrogens (primary N) is 1. The summed E-state index contributed by atoms with van der Waals surface area (Å²) in [5.41, 5.74) is 6.36. The van der Waals surface area contributed by atoms with Crippen LogP contribution in [0.5, 0.6) is 5.75 Å². The molecule has 3 N–H and O–H groups in total. The van der Waals surface area contributed by atoms with Crippen molar-refractivity contribution in [3.05, 3.63) is 46.2 Å². The summed E-state index contributed by atoms with van der Waals surface area (Å²) in [6.07, 6.45) is 0. The molecule has 0 amide bonds. The fraction of sp³-hybridized carbons (Fsp3) is 0.231. The third-order valence-corrected chi connectivity index (χ3v) is 3.25. The van der Waals surface area contributed by atoms with Crippen molar-refractivity contribution in [2.75, 3.05) is 18.1 Å². The first kappa shape index (κ1) is 13.5. The molecule has 6 heteroatoms. The van der Waals surface area contributed by atoms with Gasteiger partial charge in [0, 0.05) is 11.8 Å². The first-order valence-electron chi connectivity index (χ1n) is 5.83. The molecule has 0 aliphatic rings. The van der Waals surface area contributed by atoms with E-state index in [0.29, 0.717) is 17.5 Å². The lowest BCUT2D eigenvalue weighted by molar-refractivity contribution is 0.341. The first-order valence-corrected chi connectivity index (χ1v) is 6.82. The van der Waals surface area contributed by atoms with Gasteiger partial charge in [0.2, 0.25) is 0 Å². The lowest BCUT2D eigenvalue weighted by atomic mass is 10.2. The van der Waals surface area contributed by atoms with Gasteiger partial charge in [0.1, 0.15) is 11.6 Å². The third kappa shape index (κ3) is 4.03. The van der Waals surface area contributed by atoms with Crippen molar-refractivity contribution in [2.45, 2.75) is 12.1 Å². The first-order chi connectivity index (χ1) is 9.15. The van der Waals surface area contributed by atoms with Crippen molar-refractivity contribution in [3.8, 4) is 5.75 Å². The van der Waals surface area contributed by atoms with Gasteiger partial charge in [-0.15, -0.1) is 0 Å². The Balaban J connectivity index is 1.84. The van der Waals surface area contributed by atoms with Crippen LogP contribution in [0.15, 0.2) is 40.3 Å². The largest absolute Gasteiger partial charge is 0.492 e. The quantitative estimate of drug-likeness (QED) is 0.495. The molecule has 100 valence electrons. The maximum Gasteiger partial charge on any atom is 0.253 e. The van der Waals surface area contributed by atoms with Crippen LogP contribution in [-0.2, 0) is 0 Å². The molecule has 1 heterocycles. The number of aromatic nitrogens is 2. The maximum absolute atomic E-state index is 11.2. The molecule has 0 atom stereocenters. The number of ether oxygens (including phenoxy) is 1. The second-order valence-corrected chi connectivity index (χ2v) is 5.02. The van der Waals surface area contributed by atoms with Crippen LogP contribution in [0.3, 0.4) is 0 Å². The predicted molar refractivity (Wildman–Crippen MR) is 76.7 cm³/mol. The monoisotopic (exact) mass is 277 g/mol. The number of aryl methyl sites for hydroxylation is 1. The number of nitrogens with zero attached hydrogens (tertiary/aromatic N) is 1. The molecule has 0 aliphatic heterocycles. The predicted octanol–water partition coefficient (Wildman–Crippen LogP) is 1.83. The molecule has 0 bridgehead atoms. The average molecular weight is 277 g/mol. The Kier molecular flexibility index (Phi) is 4.46. The topological polar surface area (TPSA) is 81.0 Å². The number of thioether (sulfide) groups is 1. The molecule has 2 aromatic rings. The summed E-state index contributed by atoms with van der Waals surface area (Å²) in [6.45, 7) is 2.54. The van der Waals surface area contributed by atoms with E-state index in [1.165, 1.54) is 17.8 Å². The SMILES string of the molecule is Cc1ccccc1OCCSc1nc(N)cc(=O)[nH]1. The zero-order valence-electron chi connectivity index (χ0n) is 10.6. The highest BCUT2D eigenvalue weighted by atomic mass is 32.2. The summed E-state index contributed by atoms with van der Waals surface area (Å²) in [5, 5.41) is 0.512. The molecule has 0 radical (unpaired) electrons. The van der Waals surface area contributed by atoms with Gasteiger partial charge in [-0.2, -0.15) is 0 Å². The summed E-state index contributed by atoms with van der Waals surface area (Å²) in [4.78, 5) is 17.8. The molecule has 0 fully saturated rings. The molecule has 0 unspecified atom stereocenters. The number of benzene rings is 1. The Morgan fingerprint density at radius 3 is 2.95 bits per heavy atom. The standard InChI is InChI=1S/C13H15N3O2S/c1-9-4-2-3-5-10(9)18-6-7-19-13-15-11(14)8-12(17)16-13/h2-5,8H,6-7H2,1H3,(H3,14,15,16,17). The van der Waals surface area contributed by atoms with Gasteiger partial charge in [-0.3, -0.25) is 4.79 Å². The number of rotatable bonds is 5. The molecule has 0 spiro atoms. The summed E-state index contributed by atoms with van der Waals surface area (Å²) in [6, 6.07) is 9.10. The van der Waals surface area contributed by atoms with Crippen molar-refractivity contribution in [3.63, 3.8) is 0 Å². The Labute approximate surface area is 115 Å². The number of nitrogens with one attached hydrogen (secondary N) is 1. The van der Waals surface area contributed by atoms with Crippen molar-refractivity contribution in [1.82, 2.24) is 9.97 Å². The van der Waals surface area contributed by atoms with Gasteiger partial charge >= 0.3 is 0 Å². The molecule has 0 saturated carbocycles. The van der Waals surface area contributed by atoms with Crippen LogP contribution < -0.4 is 16.0 Å². The number of aromatic amines is 1. The van der Waals surface area contributed by atoms with Gasteiger partial charge < -0.3 is 15.5 Å². The van der Waals surface area contributed by atoms with Crippen LogP contribution in [-0.4, -0.2) is 22.3 Å². The number of hydrogen-bond acceptors (Lipinski definition) is 5. The van der Waals surface area contributed by atoms with Crippen LogP contribution >= 0.6 is 11.8 Å². The van der Waals surface area contributed by atoms with Crippen LogP contribution in [0, 0.1) is 6.92 Å². The highest BCUT2D eigenvalue weighted by Crippen LogP contribution is 2.17. The molecule has 2 rings (SSSR count). The minimum Gasteiger partial charge on any atom is -0.492 e. The summed E-state index contributed by atoms with van der Waals surface area (Å²) < 4.78 is 5.65. The number of nitrogen functional groups attached to an aromatic ring is 1. The average Bonchev–Trinajstić information content (AvgIpc) is 2.35. The normalized spacial score (nSPS) is 10.4. The lowest BCUT2D eigenvalue weighted by Crippen LogP contribution is -2.10. The fourth-order valence-electron chi connectivity index (χ4n) is 1.53. The van der Waals surface area contributed by atoms with E-state index in [2.05, 4.69) is 9.97 Å². The molecule has 0 aliphatic carbocycles. The molecule has 1 aromatic carbocycles. The minimum atomic E-state index is -0.241. The smallest absolute Gasteiger partial charge is 0.253 e. The third-order valence-electron chi connectivity index (χ3n) is 2.41. The van der Waals surface area contributed by atoms with E-state index in [1.54, 1.807) is 0 Å². The van der Waals surface area contributed by atoms with Crippen molar-refractivity contribution in [2.24, 2.45) is 0 Å². The number of hydrogen-bond donors (Lipinski definition) is 2. The van der Waals surface area contributed by atoms with Crippen molar-refractivity contribution < 1.29 is 4.74 Å². The molecular formula is C13H15N3O2S. The molecule has 1 aromatic heterocycles. The van der Waals surface area contributed by atoms with Gasteiger partial charge in [0.25, 0.3) is 5.56 Å². The molecule has 5 nitrogen and oxygen atoms in total. The van der Waals surface area contributed by atoms with Gasteiger partial charge in [-0.1, -0.05) is 30.0 Å². The summed E-state index contributed by atoms with van der Waals surface area (Å²) in [5.74, 6) is 1.78. The Bertz CT molecular complexity index is 613. The van der Waals surface area contributed by atoms with Crippen LogP contribution in [0.25, 0.3) is 0 Å². The number of para-hydroxylation sites is 1. The van der Waals surface area contributed by atoms with Crippen LogP contribution in [0.1, 0.15) is 5.56 Å². The van der Waals surface area contributed by atoms with Gasteiger partial charge in [-0.25, -0.2) is 4.98 Å². The zero-order chi connectivity index (χ0) is 13.7. The molecular weight excluding hydrogens is 262 g/mol. The summed E-state index contributed by atoms with van der Waals surface area (Å²) >= 11 is 1.40. The van der Waals surface area contributed by atoms with E-state index >= 15 is 0 Å². The minimum absolute atomic E-state index is 0.228. The van der Waals surface area contributed by atoms with Crippen molar-refractivity contribution >= 4 is 17.6 Å². The molecule has 0 saturated heterocycles. The number of H-pyrrole nitrogens is 1.